The maximum atomic E-state index is 8.97. The monoisotopic (exact) mass is 258 g/mol. The molecule has 1 aliphatic carbocycles. The summed E-state index contributed by atoms with van der Waals surface area (Å²) in [6.45, 7) is 5.25. The average Bonchev–Trinajstić information content (AvgIpc) is 2.42. The predicted octanol–water partition coefficient (Wildman–Crippen LogP) is 3.86. The Balaban J connectivity index is 1.83. The summed E-state index contributed by atoms with van der Waals surface area (Å²) in [5, 5.41) is 8.97. The number of benzene rings is 1. The summed E-state index contributed by atoms with van der Waals surface area (Å²) < 4.78 is 5.74. The van der Waals surface area contributed by atoms with Crippen LogP contribution in [0, 0.1) is 5.92 Å². The van der Waals surface area contributed by atoms with E-state index in [4.69, 9.17) is 9.84 Å². The number of ether oxygens (including phenoxy) is 1. The summed E-state index contributed by atoms with van der Waals surface area (Å²) in [7, 11) is 0. The Kier molecular flexibility index (Phi) is 4.80. The molecule has 0 aliphatic heterocycles. The zero-order valence-electron chi connectivity index (χ0n) is 11.7. The third-order valence-electron chi connectivity index (χ3n) is 3.61. The van der Waals surface area contributed by atoms with Crippen molar-refractivity contribution in [2.24, 2.45) is 5.92 Å². The van der Waals surface area contributed by atoms with Gasteiger partial charge < -0.3 is 9.84 Å². The summed E-state index contributed by atoms with van der Waals surface area (Å²) in [6, 6.07) is 7.61. The molecule has 1 atom stereocenters. The van der Waals surface area contributed by atoms with Crippen molar-refractivity contribution in [1.29, 1.82) is 0 Å². The lowest BCUT2D eigenvalue weighted by Gasteiger charge is -2.20. The number of aliphatic hydroxyl groups excluding tert-OH is 1. The van der Waals surface area contributed by atoms with E-state index >= 15 is 0 Å². The number of aliphatic hydroxyl groups is 1. The molecule has 2 rings (SSSR count). The molecular formula is C17H22O2. The van der Waals surface area contributed by atoms with Gasteiger partial charge in [0.2, 0.25) is 0 Å². The molecule has 0 saturated carbocycles. The highest BCUT2D eigenvalue weighted by molar-refractivity contribution is 5.27. The van der Waals surface area contributed by atoms with Crippen molar-refractivity contribution >= 4 is 0 Å². The summed E-state index contributed by atoms with van der Waals surface area (Å²) >= 11 is 0. The summed E-state index contributed by atoms with van der Waals surface area (Å²) in [4.78, 5) is 0. The van der Waals surface area contributed by atoms with Crippen LogP contribution in [0.1, 0.15) is 32.3 Å². The third kappa shape index (κ3) is 3.97. The van der Waals surface area contributed by atoms with E-state index in [9.17, 15) is 0 Å². The highest BCUT2D eigenvalue weighted by atomic mass is 16.5. The van der Waals surface area contributed by atoms with Crippen molar-refractivity contribution < 1.29 is 9.84 Å². The molecule has 0 heterocycles. The van der Waals surface area contributed by atoms with Crippen molar-refractivity contribution in [3.8, 4) is 5.75 Å². The molecule has 0 saturated heterocycles. The molecule has 2 nitrogen and oxygen atoms in total. The van der Waals surface area contributed by atoms with Crippen molar-refractivity contribution in [3.05, 3.63) is 53.1 Å². The smallest absolute Gasteiger partial charge is 0.119 e. The Morgan fingerprint density at radius 2 is 1.95 bits per heavy atom. The molecule has 2 heteroatoms. The van der Waals surface area contributed by atoms with Gasteiger partial charge in [0, 0.05) is 6.42 Å². The van der Waals surface area contributed by atoms with Gasteiger partial charge in [-0.25, -0.2) is 0 Å². The van der Waals surface area contributed by atoms with Crippen molar-refractivity contribution in [2.45, 2.75) is 33.3 Å². The van der Waals surface area contributed by atoms with Gasteiger partial charge in [0.15, 0.2) is 0 Å². The number of hydrogen-bond acceptors (Lipinski definition) is 2. The lowest BCUT2D eigenvalue weighted by Crippen LogP contribution is -2.08. The zero-order chi connectivity index (χ0) is 13.7. The maximum Gasteiger partial charge on any atom is 0.119 e. The van der Waals surface area contributed by atoms with E-state index in [0.717, 1.165) is 24.2 Å². The molecule has 102 valence electrons. The SMILES string of the molecule is CC1=CC=C(CCOc2ccc(CO)cc2)C(C)C1. The Hall–Kier alpha value is -1.54. The Morgan fingerprint density at radius 1 is 1.21 bits per heavy atom. The fraction of sp³-hybridized carbons (Fsp3) is 0.412. The van der Waals surface area contributed by atoms with Crippen molar-refractivity contribution in [3.63, 3.8) is 0 Å². The minimum absolute atomic E-state index is 0.0797. The fourth-order valence-corrected chi connectivity index (χ4v) is 2.40. The number of hydrogen-bond donors (Lipinski definition) is 1. The maximum absolute atomic E-state index is 8.97. The van der Waals surface area contributed by atoms with E-state index in [1.165, 1.54) is 11.1 Å². The molecule has 0 spiro atoms. The van der Waals surface area contributed by atoms with Crippen LogP contribution in [0.3, 0.4) is 0 Å². The van der Waals surface area contributed by atoms with Crippen LogP contribution in [-0.2, 0) is 6.61 Å². The lowest BCUT2D eigenvalue weighted by molar-refractivity contribution is 0.281. The molecule has 1 aromatic carbocycles. The van der Waals surface area contributed by atoms with Crippen LogP contribution in [0.5, 0.6) is 5.75 Å². The van der Waals surface area contributed by atoms with E-state index in [-0.39, 0.29) is 6.61 Å². The predicted molar refractivity (Wildman–Crippen MR) is 78.1 cm³/mol. The van der Waals surface area contributed by atoms with Crippen molar-refractivity contribution in [2.75, 3.05) is 6.61 Å². The van der Waals surface area contributed by atoms with Crippen LogP contribution in [0.15, 0.2) is 47.6 Å². The summed E-state index contributed by atoms with van der Waals surface area (Å²) in [5.41, 5.74) is 3.84. The van der Waals surface area contributed by atoms with E-state index in [0.29, 0.717) is 12.5 Å². The first-order chi connectivity index (χ1) is 9.19. The van der Waals surface area contributed by atoms with E-state index < -0.39 is 0 Å². The first-order valence-electron chi connectivity index (χ1n) is 6.88. The van der Waals surface area contributed by atoms with Crippen LogP contribution in [0.2, 0.25) is 0 Å². The van der Waals surface area contributed by atoms with E-state index in [1.54, 1.807) is 0 Å². The number of allylic oxidation sites excluding steroid dienone is 3. The van der Waals surface area contributed by atoms with Gasteiger partial charge in [-0.2, -0.15) is 0 Å². The molecule has 0 radical (unpaired) electrons. The number of rotatable bonds is 5. The standard InChI is InChI=1S/C17H22O2/c1-13-3-6-16(14(2)11-13)9-10-19-17-7-4-15(12-18)5-8-17/h3-8,14,18H,9-12H2,1-2H3. The van der Waals surface area contributed by atoms with Gasteiger partial charge in [0.25, 0.3) is 0 Å². The van der Waals surface area contributed by atoms with Gasteiger partial charge in [-0.15, -0.1) is 0 Å². The van der Waals surface area contributed by atoms with Crippen LogP contribution in [0.25, 0.3) is 0 Å². The van der Waals surface area contributed by atoms with Crippen molar-refractivity contribution in [1.82, 2.24) is 0 Å². The quantitative estimate of drug-likeness (QED) is 0.869. The molecule has 1 N–H and O–H groups in total. The first kappa shape index (κ1) is 13.9. The molecule has 0 aromatic heterocycles. The molecule has 0 fully saturated rings. The molecule has 0 bridgehead atoms. The molecule has 1 aromatic rings. The van der Waals surface area contributed by atoms with Gasteiger partial charge in [-0.3, -0.25) is 0 Å². The second-order valence-electron chi connectivity index (χ2n) is 5.26. The van der Waals surface area contributed by atoms with Crippen LogP contribution in [-0.4, -0.2) is 11.7 Å². The summed E-state index contributed by atoms with van der Waals surface area (Å²) in [6.07, 6.45) is 6.59. The molecule has 1 aliphatic rings. The minimum atomic E-state index is 0.0797. The van der Waals surface area contributed by atoms with Gasteiger partial charge in [0.05, 0.1) is 13.2 Å². The second-order valence-corrected chi connectivity index (χ2v) is 5.26. The highest BCUT2D eigenvalue weighted by Crippen LogP contribution is 2.26. The topological polar surface area (TPSA) is 29.5 Å². The van der Waals surface area contributed by atoms with E-state index in [2.05, 4.69) is 26.0 Å². The molecular weight excluding hydrogens is 236 g/mol. The molecule has 0 amide bonds. The Bertz CT molecular complexity index is 469. The zero-order valence-corrected chi connectivity index (χ0v) is 11.7. The average molecular weight is 258 g/mol. The van der Waals surface area contributed by atoms with E-state index in [1.807, 2.05) is 24.3 Å². The lowest BCUT2D eigenvalue weighted by atomic mass is 9.88. The van der Waals surface area contributed by atoms with Crippen LogP contribution in [0.4, 0.5) is 0 Å². The highest BCUT2D eigenvalue weighted by Gasteiger charge is 2.12. The first-order valence-corrected chi connectivity index (χ1v) is 6.88. The van der Waals surface area contributed by atoms with Crippen LogP contribution >= 0.6 is 0 Å². The Labute approximate surface area is 115 Å². The van der Waals surface area contributed by atoms with Gasteiger partial charge >= 0.3 is 0 Å². The van der Waals surface area contributed by atoms with Gasteiger partial charge in [-0.05, 0) is 37.0 Å². The normalized spacial score (nSPS) is 18.8. The summed E-state index contributed by atoms with van der Waals surface area (Å²) in [5.74, 6) is 1.50. The third-order valence-corrected chi connectivity index (χ3v) is 3.61. The van der Waals surface area contributed by atoms with Crippen LogP contribution < -0.4 is 4.74 Å². The minimum Gasteiger partial charge on any atom is -0.493 e. The van der Waals surface area contributed by atoms with Gasteiger partial charge in [0.1, 0.15) is 5.75 Å². The molecule has 19 heavy (non-hydrogen) atoms. The molecule has 1 unspecified atom stereocenters. The second kappa shape index (κ2) is 6.58. The largest absolute Gasteiger partial charge is 0.493 e. The van der Waals surface area contributed by atoms with Gasteiger partial charge in [-0.1, -0.05) is 42.4 Å². The Morgan fingerprint density at radius 3 is 2.58 bits per heavy atom. The fourth-order valence-electron chi connectivity index (χ4n) is 2.40.